The highest BCUT2D eigenvalue weighted by molar-refractivity contribution is 5.76. The minimum atomic E-state index is 0.0954. The summed E-state index contributed by atoms with van der Waals surface area (Å²) in [7, 11) is 1.94. The van der Waals surface area contributed by atoms with Crippen molar-refractivity contribution in [3.05, 3.63) is 48.5 Å². The van der Waals surface area contributed by atoms with E-state index in [-0.39, 0.29) is 17.2 Å². The van der Waals surface area contributed by atoms with Crippen LogP contribution in [0.1, 0.15) is 63.4 Å². The van der Waals surface area contributed by atoms with Crippen molar-refractivity contribution >= 4 is 11.8 Å². The molecule has 0 saturated carbocycles. The fraction of sp³-hybridized carbons (Fsp3) is 0.607. The maximum absolute atomic E-state index is 12.8. The molecule has 1 saturated heterocycles. The zero-order valence-corrected chi connectivity index (χ0v) is 21.2. The Morgan fingerprint density at radius 3 is 2.71 bits per heavy atom. The van der Waals surface area contributed by atoms with Gasteiger partial charge in [-0.1, -0.05) is 24.6 Å². The Morgan fingerprint density at radius 2 is 1.91 bits per heavy atom. The predicted octanol–water partition coefficient (Wildman–Crippen LogP) is 4.32. The second-order valence-corrected chi connectivity index (χ2v) is 10.3. The molecule has 7 nitrogen and oxygen atoms in total. The molecule has 1 fully saturated rings. The summed E-state index contributed by atoms with van der Waals surface area (Å²) in [5.41, 5.74) is 1.36. The monoisotopic (exact) mass is 480 g/mol. The van der Waals surface area contributed by atoms with Gasteiger partial charge in [-0.15, -0.1) is 0 Å². The fourth-order valence-electron chi connectivity index (χ4n) is 5.56. The molecule has 3 heterocycles. The number of nitrogens with zero attached hydrogens (tertiary/aromatic N) is 4. The second kappa shape index (κ2) is 12.2. The molecular formula is C28H40N4O3. The molecule has 190 valence electrons. The summed E-state index contributed by atoms with van der Waals surface area (Å²) in [6.07, 6.45) is 14.4. The standard InChI is InChI=1S/C28H40N4O3/c1-30-22-28(14-18-32(19-15-28)27(34)11-6-17-31-20-16-29-23-31)13-5-4-9-24-8-2-3-10-25(24)35-21-7-12-26(30)33/h2-3,8,10,16,20,23H,4-7,9,11-15,17-19,21-22H2,1H3. The largest absolute Gasteiger partial charge is 0.493 e. The molecule has 1 aromatic heterocycles. The van der Waals surface area contributed by atoms with E-state index in [0.29, 0.717) is 19.4 Å². The van der Waals surface area contributed by atoms with Crippen LogP contribution in [0.4, 0.5) is 0 Å². The van der Waals surface area contributed by atoms with Crippen molar-refractivity contribution in [2.45, 2.75) is 70.8 Å². The lowest BCUT2D eigenvalue weighted by atomic mass is 9.73. The molecule has 0 N–H and O–H groups in total. The molecule has 2 aliphatic heterocycles. The van der Waals surface area contributed by atoms with Gasteiger partial charge < -0.3 is 19.1 Å². The molecule has 0 unspecified atom stereocenters. The molecule has 4 rings (SSSR count). The van der Waals surface area contributed by atoms with Crippen molar-refractivity contribution in [2.24, 2.45) is 5.41 Å². The first-order valence-electron chi connectivity index (χ1n) is 13.2. The molecule has 1 spiro atoms. The van der Waals surface area contributed by atoms with Crippen LogP contribution >= 0.6 is 0 Å². The number of carbonyl (C=O) groups is 2. The first-order chi connectivity index (χ1) is 17.0. The van der Waals surface area contributed by atoms with Crippen molar-refractivity contribution in [1.82, 2.24) is 19.4 Å². The SMILES string of the molecule is CN1CC2(CCCCc3ccccc3OCCCC1=O)CCN(C(=O)CCCn1ccnc1)CC2. The van der Waals surface area contributed by atoms with Crippen LogP contribution in [0.3, 0.4) is 0 Å². The van der Waals surface area contributed by atoms with Gasteiger partial charge >= 0.3 is 0 Å². The number of aryl methyl sites for hydroxylation is 2. The molecule has 35 heavy (non-hydrogen) atoms. The van der Waals surface area contributed by atoms with E-state index in [9.17, 15) is 9.59 Å². The van der Waals surface area contributed by atoms with Gasteiger partial charge in [-0.2, -0.15) is 0 Å². The third-order valence-corrected chi connectivity index (χ3v) is 7.71. The summed E-state index contributed by atoms with van der Waals surface area (Å²) in [6, 6.07) is 8.29. The Bertz CT molecular complexity index is 951. The number of fused-ring (bicyclic) bond motifs is 1. The molecule has 0 atom stereocenters. The molecule has 7 heteroatoms. The molecule has 1 aromatic carbocycles. The summed E-state index contributed by atoms with van der Waals surface area (Å²) in [5.74, 6) is 1.40. The van der Waals surface area contributed by atoms with Gasteiger partial charge in [0.2, 0.25) is 11.8 Å². The Balaban J connectivity index is 1.34. The van der Waals surface area contributed by atoms with Gasteiger partial charge in [0.25, 0.3) is 0 Å². The number of imidazole rings is 1. The number of aromatic nitrogens is 2. The quantitative estimate of drug-likeness (QED) is 0.654. The van der Waals surface area contributed by atoms with Crippen LogP contribution in [0.5, 0.6) is 5.75 Å². The van der Waals surface area contributed by atoms with E-state index in [4.69, 9.17) is 4.74 Å². The lowest BCUT2D eigenvalue weighted by molar-refractivity contribution is -0.137. The summed E-state index contributed by atoms with van der Waals surface area (Å²) in [6.45, 7) is 3.77. The van der Waals surface area contributed by atoms with Crippen molar-refractivity contribution in [2.75, 3.05) is 33.3 Å². The molecule has 2 aromatic rings. The number of benzene rings is 1. The lowest BCUT2D eigenvalue weighted by Crippen LogP contribution is -2.48. The highest BCUT2D eigenvalue weighted by Gasteiger charge is 2.37. The van der Waals surface area contributed by atoms with E-state index in [1.165, 1.54) is 5.56 Å². The number of hydrogen-bond acceptors (Lipinski definition) is 4. The highest BCUT2D eigenvalue weighted by Crippen LogP contribution is 2.38. The number of rotatable bonds is 4. The molecular weight excluding hydrogens is 440 g/mol. The van der Waals surface area contributed by atoms with Crippen LogP contribution < -0.4 is 4.74 Å². The zero-order chi connectivity index (χ0) is 24.5. The lowest BCUT2D eigenvalue weighted by Gasteiger charge is -2.44. The molecule has 0 radical (unpaired) electrons. The predicted molar refractivity (Wildman–Crippen MR) is 136 cm³/mol. The summed E-state index contributed by atoms with van der Waals surface area (Å²) in [4.78, 5) is 33.7. The van der Waals surface area contributed by atoms with E-state index in [0.717, 1.165) is 83.3 Å². The van der Waals surface area contributed by atoms with Gasteiger partial charge in [0.1, 0.15) is 5.75 Å². The van der Waals surface area contributed by atoms with Gasteiger partial charge in [0.05, 0.1) is 12.9 Å². The first-order valence-corrected chi connectivity index (χ1v) is 13.2. The van der Waals surface area contributed by atoms with Crippen molar-refractivity contribution in [3.8, 4) is 5.75 Å². The normalized spacial score (nSPS) is 19.6. The fourth-order valence-corrected chi connectivity index (χ4v) is 5.56. The minimum Gasteiger partial charge on any atom is -0.493 e. The van der Waals surface area contributed by atoms with Gasteiger partial charge in [-0.25, -0.2) is 4.98 Å². The highest BCUT2D eigenvalue weighted by atomic mass is 16.5. The molecule has 2 amide bonds. The van der Waals surface area contributed by atoms with Crippen LogP contribution in [0.25, 0.3) is 0 Å². The molecule has 0 bridgehead atoms. The van der Waals surface area contributed by atoms with E-state index in [1.807, 2.05) is 39.7 Å². The Labute approximate surface area is 209 Å². The minimum absolute atomic E-state index is 0.0954. The number of likely N-dealkylation sites (tertiary alicyclic amines) is 1. The Hall–Kier alpha value is -2.83. The maximum Gasteiger partial charge on any atom is 0.222 e. The van der Waals surface area contributed by atoms with Crippen LogP contribution in [0.15, 0.2) is 43.0 Å². The number of ether oxygens (including phenoxy) is 1. The van der Waals surface area contributed by atoms with Crippen LogP contribution in [0.2, 0.25) is 0 Å². The topological polar surface area (TPSA) is 67.7 Å². The maximum atomic E-state index is 12.8. The number of piperidine rings is 1. The first kappa shape index (κ1) is 25.3. The average molecular weight is 481 g/mol. The van der Waals surface area contributed by atoms with Crippen molar-refractivity contribution in [1.29, 1.82) is 0 Å². The van der Waals surface area contributed by atoms with Gasteiger partial charge in [-0.05, 0) is 62.0 Å². The van der Waals surface area contributed by atoms with Crippen LogP contribution in [0, 0.1) is 5.41 Å². The smallest absolute Gasteiger partial charge is 0.222 e. The molecule has 2 aliphatic rings. The third-order valence-electron chi connectivity index (χ3n) is 7.71. The average Bonchev–Trinajstić information content (AvgIpc) is 3.38. The second-order valence-electron chi connectivity index (χ2n) is 10.3. The summed E-state index contributed by atoms with van der Waals surface area (Å²) < 4.78 is 8.02. The van der Waals surface area contributed by atoms with E-state index in [2.05, 4.69) is 17.1 Å². The van der Waals surface area contributed by atoms with Crippen LogP contribution in [-0.4, -0.2) is 64.5 Å². The Morgan fingerprint density at radius 1 is 1.09 bits per heavy atom. The third kappa shape index (κ3) is 7.09. The van der Waals surface area contributed by atoms with Crippen molar-refractivity contribution in [3.63, 3.8) is 0 Å². The molecule has 0 aliphatic carbocycles. The van der Waals surface area contributed by atoms with Crippen molar-refractivity contribution < 1.29 is 14.3 Å². The number of carbonyl (C=O) groups excluding carboxylic acids is 2. The zero-order valence-electron chi connectivity index (χ0n) is 21.2. The van der Waals surface area contributed by atoms with Crippen LogP contribution in [-0.2, 0) is 22.6 Å². The summed E-state index contributed by atoms with van der Waals surface area (Å²) in [5, 5.41) is 0. The number of hydrogen-bond donors (Lipinski definition) is 0. The van der Waals surface area contributed by atoms with E-state index >= 15 is 0 Å². The van der Waals surface area contributed by atoms with Gasteiger partial charge in [-0.3, -0.25) is 9.59 Å². The Kier molecular flexibility index (Phi) is 8.83. The number of amides is 2. The van der Waals surface area contributed by atoms with Gasteiger partial charge in [0.15, 0.2) is 0 Å². The van der Waals surface area contributed by atoms with E-state index < -0.39 is 0 Å². The van der Waals surface area contributed by atoms with Gasteiger partial charge in [0, 0.05) is 58.5 Å². The number of para-hydroxylation sites is 1. The summed E-state index contributed by atoms with van der Waals surface area (Å²) >= 11 is 0. The van der Waals surface area contributed by atoms with E-state index in [1.54, 1.807) is 12.5 Å².